The van der Waals surface area contributed by atoms with Crippen molar-refractivity contribution in [3.05, 3.63) is 40.5 Å². The average Bonchev–Trinajstić information content (AvgIpc) is 3.65. The molecule has 2 aromatic carbocycles. The molecule has 0 radical (unpaired) electrons. The maximum absolute atomic E-state index is 13.4. The minimum Gasteiger partial charge on any atom is -0.494 e. The molecule has 7 rings (SSSR count). The Labute approximate surface area is 278 Å². The quantitative estimate of drug-likeness (QED) is 0.285. The number of ether oxygens (including phenoxy) is 4. The number of anilines is 5. The number of nitrogens with zero attached hydrogens (tertiary/aromatic N) is 4. The molecule has 246 valence electrons. The first-order valence-corrected chi connectivity index (χ1v) is 19.4. The highest BCUT2D eigenvalue weighted by atomic mass is 79.9. The molecular weight excluding hydrogens is 671 g/mol. The van der Waals surface area contributed by atoms with Crippen LogP contribution in [0.25, 0.3) is 0 Å². The van der Waals surface area contributed by atoms with Crippen molar-refractivity contribution in [3.63, 3.8) is 0 Å². The second-order valence-corrected chi connectivity index (χ2v) is 17.0. The van der Waals surface area contributed by atoms with Crippen molar-refractivity contribution in [2.24, 2.45) is 11.8 Å². The summed E-state index contributed by atoms with van der Waals surface area (Å²) in [4.78, 5) is 14.5. The Morgan fingerprint density at radius 1 is 1.02 bits per heavy atom. The molecule has 1 aromatic heterocycles. The fourth-order valence-electron chi connectivity index (χ4n) is 7.28. The maximum Gasteiger partial charge on any atom is 0.229 e. The lowest BCUT2D eigenvalue weighted by Crippen LogP contribution is -2.44. The third-order valence-corrected chi connectivity index (χ3v) is 11.7. The van der Waals surface area contributed by atoms with Crippen LogP contribution in [0.5, 0.6) is 17.2 Å². The van der Waals surface area contributed by atoms with Gasteiger partial charge in [-0.3, -0.25) is 4.90 Å². The predicted octanol–water partition coefficient (Wildman–Crippen LogP) is 5.61. The van der Waals surface area contributed by atoms with Crippen LogP contribution in [0, 0.1) is 18.8 Å². The third-order valence-electron chi connectivity index (χ3n) is 9.57. The second kappa shape index (κ2) is 12.9. The smallest absolute Gasteiger partial charge is 0.229 e. The van der Waals surface area contributed by atoms with E-state index < -0.39 is 7.14 Å². The van der Waals surface area contributed by atoms with Gasteiger partial charge in [-0.05, 0) is 72.8 Å². The van der Waals surface area contributed by atoms with Crippen molar-refractivity contribution in [1.29, 1.82) is 0 Å². The lowest BCUT2D eigenvalue weighted by Gasteiger charge is -2.39. The summed E-state index contributed by atoms with van der Waals surface area (Å²) in [6.45, 7) is 12.8. The van der Waals surface area contributed by atoms with Crippen molar-refractivity contribution < 1.29 is 23.5 Å². The molecule has 0 saturated carbocycles. The fourth-order valence-corrected chi connectivity index (χ4v) is 8.94. The zero-order chi connectivity index (χ0) is 32.0. The number of rotatable bonds is 8. The van der Waals surface area contributed by atoms with E-state index in [4.69, 9.17) is 23.9 Å². The maximum atomic E-state index is 13.4. The highest BCUT2D eigenvalue weighted by molar-refractivity contribution is 9.10. The van der Waals surface area contributed by atoms with Crippen LogP contribution in [0.2, 0.25) is 0 Å². The van der Waals surface area contributed by atoms with E-state index in [9.17, 15) is 4.57 Å². The Hall–Kier alpha value is -3.05. The summed E-state index contributed by atoms with van der Waals surface area (Å²) in [5.41, 5.74) is 3.78. The molecule has 13 heteroatoms. The van der Waals surface area contributed by atoms with E-state index in [0.717, 1.165) is 55.1 Å². The van der Waals surface area contributed by atoms with Gasteiger partial charge in [-0.25, -0.2) is 4.98 Å². The van der Waals surface area contributed by atoms with Crippen molar-refractivity contribution in [1.82, 2.24) is 14.9 Å². The number of piperidine rings is 1. The Bertz CT molecular complexity index is 1650. The fraction of sp³-hybridized carbons (Fsp3) is 0.515. The van der Waals surface area contributed by atoms with Gasteiger partial charge in [-0.2, -0.15) is 4.98 Å². The monoisotopic (exact) mass is 712 g/mol. The van der Waals surface area contributed by atoms with E-state index in [1.54, 1.807) is 26.6 Å². The molecule has 3 aromatic rings. The van der Waals surface area contributed by atoms with Crippen LogP contribution in [0.4, 0.5) is 28.8 Å². The van der Waals surface area contributed by atoms with E-state index in [1.165, 1.54) is 31.6 Å². The van der Waals surface area contributed by atoms with Crippen LogP contribution in [-0.4, -0.2) is 94.0 Å². The molecule has 2 N–H and O–H groups in total. The van der Waals surface area contributed by atoms with Crippen LogP contribution in [-0.2, 0) is 9.30 Å². The van der Waals surface area contributed by atoms with Gasteiger partial charge in [-0.15, -0.1) is 0 Å². The number of aryl methyl sites for hydroxylation is 1. The minimum atomic E-state index is -2.75. The Morgan fingerprint density at radius 3 is 2.48 bits per heavy atom. The van der Waals surface area contributed by atoms with Gasteiger partial charge in [0.05, 0.1) is 41.5 Å². The number of hydrogen-bond acceptors (Lipinski definition) is 11. The normalized spacial score (nSPS) is 21.7. The van der Waals surface area contributed by atoms with Crippen LogP contribution in [0.15, 0.2) is 34.9 Å². The Balaban J connectivity index is 1.07. The number of aromatic nitrogens is 2. The number of methoxy groups -OCH3 is 1. The van der Waals surface area contributed by atoms with E-state index in [2.05, 4.69) is 60.4 Å². The average molecular weight is 714 g/mol. The van der Waals surface area contributed by atoms with Crippen molar-refractivity contribution in [2.45, 2.75) is 25.8 Å². The number of halogens is 1. The van der Waals surface area contributed by atoms with Gasteiger partial charge in [-0.1, -0.05) is 0 Å². The summed E-state index contributed by atoms with van der Waals surface area (Å²) in [6.07, 6.45) is 4.02. The van der Waals surface area contributed by atoms with Crippen molar-refractivity contribution >= 4 is 57.2 Å². The van der Waals surface area contributed by atoms with Crippen molar-refractivity contribution in [3.8, 4) is 17.2 Å². The highest BCUT2D eigenvalue weighted by Crippen LogP contribution is 2.47. The SMILES string of the molecule is COc1cc(N2CCC(N3CC4COC[C@@H]4C3)CC2)c(C)cc1Nc1ncc(Br)c(Nc2ccc3c(c2P(C)(C)=O)OCCO3)n1. The number of nitrogens with one attached hydrogen (secondary N) is 2. The summed E-state index contributed by atoms with van der Waals surface area (Å²) in [5, 5.41) is 7.32. The van der Waals surface area contributed by atoms with E-state index >= 15 is 0 Å². The highest BCUT2D eigenvalue weighted by Gasteiger charge is 2.40. The Morgan fingerprint density at radius 2 is 1.76 bits per heavy atom. The van der Waals surface area contributed by atoms with E-state index in [0.29, 0.717) is 58.0 Å². The van der Waals surface area contributed by atoms with Gasteiger partial charge < -0.3 is 39.0 Å². The molecule has 4 aliphatic rings. The summed E-state index contributed by atoms with van der Waals surface area (Å²) in [5.74, 6) is 4.21. The summed E-state index contributed by atoms with van der Waals surface area (Å²) in [7, 11) is -1.06. The van der Waals surface area contributed by atoms with Gasteiger partial charge >= 0.3 is 0 Å². The topological polar surface area (TPSA) is 110 Å². The third kappa shape index (κ3) is 6.29. The molecule has 0 aliphatic carbocycles. The van der Waals surface area contributed by atoms with Crippen molar-refractivity contribution in [2.75, 3.05) is 88.6 Å². The first-order chi connectivity index (χ1) is 22.2. The van der Waals surface area contributed by atoms with Crippen LogP contribution in [0.3, 0.4) is 0 Å². The molecule has 46 heavy (non-hydrogen) atoms. The lowest BCUT2D eigenvalue weighted by molar-refractivity contribution is 0.130. The number of fused-ring (bicyclic) bond motifs is 2. The molecule has 1 unspecified atom stereocenters. The molecule has 0 bridgehead atoms. The van der Waals surface area contributed by atoms with Gasteiger partial charge in [0.1, 0.15) is 31.9 Å². The molecule has 0 spiro atoms. The van der Waals surface area contributed by atoms with Crippen LogP contribution in [0.1, 0.15) is 18.4 Å². The summed E-state index contributed by atoms with van der Waals surface area (Å²) >= 11 is 3.58. The summed E-state index contributed by atoms with van der Waals surface area (Å²) < 4.78 is 37.3. The molecule has 2 atom stereocenters. The standard InChI is InChI=1S/C33H42BrN6O5P/c1-20-13-26(29(42-2)14-27(20)39-9-7-23(8-10-39)40-16-21-18-43-19-22(21)17-40)37-33-35-15-24(34)32(38-33)36-25-5-6-28-30(45-12-11-44-28)31(25)46(3,4)41/h5-6,13-15,21-23H,7-12,16-19H2,1-4H3,(H2,35,36,37,38)/t21-,22?/m0/s1. The number of benzene rings is 2. The largest absolute Gasteiger partial charge is 0.494 e. The molecular formula is C33H42BrN6O5P. The summed E-state index contributed by atoms with van der Waals surface area (Å²) in [6, 6.07) is 8.55. The zero-order valence-electron chi connectivity index (χ0n) is 26.8. The van der Waals surface area contributed by atoms with E-state index in [1.807, 2.05) is 12.1 Å². The molecule has 3 fully saturated rings. The molecule has 0 amide bonds. The van der Waals surface area contributed by atoms with Gasteiger partial charge in [0, 0.05) is 62.0 Å². The Kier molecular flexibility index (Phi) is 8.82. The predicted molar refractivity (Wildman–Crippen MR) is 185 cm³/mol. The second-order valence-electron chi connectivity index (χ2n) is 13.0. The lowest BCUT2D eigenvalue weighted by atomic mass is 10.0. The van der Waals surface area contributed by atoms with E-state index in [-0.39, 0.29) is 0 Å². The van der Waals surface area contributed by atoms with Crippen LogP contribution < -0.4 is 35.0 Å². The number of hydrogen-bond donors (Lipinski definition) is 2. The minimum absolute atomic E-state index is 0.396. The van der Waals surface area contributed by atoms with Gasteiger partial charge in [0.25, 0.3) is 0 Å². The van der Waals surface area contributed by atoms with Gasteiger partial charge in [0.15, 0.2) is 11.5 Å². The number of likely N-dealkylation sites (tertiary alicyclic amines) is 1. The first kappa shape index (κ1) is 31.5. The molecule has 3 saturated heterocycles. The molecule has 11 nitrogen and oxygen atoms in total. The molecule has 5 heterocycles. The molecule has 4 aliphatic heterocycles. The zero-order valence-corrected chi connectivity index (χ0v) is 29.3. The van der Waals surface area contributed by atoms with Crippen LogP contribution >= 0.6 is 23.1 Å². The van der Waals surface area contributed by atoms with Gasteiger partial charge in [0.2, 0.25) is 5.95 Å². The first-order valence-electron chi connectivity index (χ1n) is 16.0.